The molecular weight excluding hydrogens is 268 g/mol. The molecule has 0 radical (unpaired) electrons. The van der Waals surface area contributed by atoms with Crippen molar-refractivity contribution >= 4 is 5.97 Å². The van der Waals surface area contributed by atoms with E-state index in [0.29, 0.717) is 0 Å². The van der Waals surface area contributed by atoms with Crippen molar-refractivity contribution in [3.63, 3.8) is 0 Å². The Bertz CT molecular complexity index is 419. The van der Waals surface area contributed by atoms with Crippen molar-refractivity contribution in [2.75, 3.05) is 14.2 Å². The van der Waals surface area contributed by atoms with Gasteiger partial charge in [0.2, 0.25) is 0 Å². The monoisotopic (exact) mass is 291 g/mol. The van der Waals surface area contributed by atoms with Crippen LogP contribution in [0.3, 0.4) is 0 Å². The molecule has 0 spiro atoms. The van der Waals surface area contributed by atoms with Gasteiger partial charge in [-0.1, -0.05) is 0 Å². The lowest BCUT2D eigenvalue weighted by atomic mass is 9.60. The molecule has 0 aromatic carbocycles. The summed E-state index contributed by atoms with van der Waals surface area (Å²) in [5, 5.41) is 33.1. The summed E-state index contributed by atoms with van der Waals surface area (Å²) in [6.45, 7) is 6.47. The molecule has 1 saturated heterocycles. The molecule has 2 unspecified atom stereocenters. The van der Waals surface area contributed by atoms with Gasteiger partial charge in [-0.05, 0) is 34.6 Å². The Balaban J connectivity index is 3.67. The van der Waals surface area contributed by atoms with Gasteiger partial charge in [-0.3, -0.25) is 0 Å². The van der Waals surface area contributed by atoms with Crippen LogP contribution in [0.5, 0.6) is 0 Å². The summed E-state index contributed by atoms with van der Waals surface area (Å²) in [6, 6.07) is 0. The number of hydrogen-bond donors (Lipinski definition) is 2. The number of aliphatic hydroxyl groups is 2. The second-order valence-corrected chi connectivity index (χ2v) is 5.95. The van der Waals surface area contributed by atoms with Crippen LogP contribution >= 0.6 is 0 Å². The number of methoxy groups -OCH3 is 2. The average Bonchev–Trinajstić information content (AvgIpc) is 2.34. The summed E-state index contributed by atoms with van der Waals surface area (Å²) in [6.07, 6.45) is 0. The van der Waals surface area contributed by atoms with Crippen LogP contribution in [0.1, 0.15) is 34.6 Å². The Morgan fingerprint density at radius 1 is 1.00 bits per heavy atom. The van der Waals surface area contributed by atoms with Crippen molar-refractivity contribution in [3.8, 4) is 0 Å². The van der Waals surface area contributed by atoms with Crippen LogP contribution in [0, 0.1) is 0 Å². The van der Waals surface area contributed by atoms with Gasteiger partial charge < -0.3 is 34.3 Å². The number of carbonyl (C=O) groups excluding carboxylic acids is 1. The second-order valence-electron chi connectivity index (χ2n) is 5.95. The van der Waals surface area contributed by atoms with Gasteiger partial charge in [-0.25, -0.2) is 0 Å². The summed E-state index contributed by atoms with van der Waals surface area (Å²) in [5.74, 6) is -3.36. The van der Waals surface area contributed by atoms with Crippen LogP contribution in [0.25, 0.3) is 0 Å². The molecule has 1 aliphatic heterocycles. The fourth-order valence-corrected chi connectivity index (χ4v) is 2.83. The van der Waals surface area contributed by atoms with E-state index in [9.17, 15) is 20.1 Å². The molecule has 5 atom stereocenters. The maximum Gasteiger partial charge on any atom is 0.198 e. The Morgan fingerprint density at radius 2 is 1.45 bits per heavy atom. The average molecular weight is 291 g/mol. The normalized spacial score (nSPS) is 52.9. The molecule has 1 heterocycles. The van der Waals surface area contributed by atoms with Gasteiger partial charge >= 0.3 is 0 Å². The predicted molar refractivity (Wildman–Crippen MR) is 66.6 cm³/mol. The third-order valence-electron chi connectivity index (χ3n) is 5.26. The van der Waals surface area contributed by atoms with Gasteiger partial charge in [0.1, 0.15) is 22.4 Å². The lowest BCUT2D eigenvalue weighted by Crippen LogP contribution is -2.86. The zero-order chi connectivity index (χ0) is 16.2. The number of aliphatic carboxylic acids is 1. The molecule has 7 nitrogen and oxygen atoms in total. The highest BCUT2D eigenvalue weighted by molar-refractivity contribution is 5.78. The van der Waals surface area contributed by atoms with Crippen LogP contribution in [-0.2, 0) is 19.0 Å². The molecule has 0 aromatic rings. The van der Waals surface area contributed by atoms with Crippen LogP contribution in [0.2, 0.25) is 0 Å². The van der Waals surface area contributed by atoms with E-state index in [2.05, 4.69) is 0 Å². The first-order valence-electron chi connectivity index (χ1n) is 6.24. The first kappa shape index (κ1) is 17.3. The van der Waals surface area contributed by atoms with E-state index in [1.54, 1.807) is 0 Å². The Hall–Kier alpha value is -0.730. The van der Waals surface area contributed by atoms with E-state index in [1.165, 1.54) is 48.8 Å². The number of rotatable bonds is 3. The maximum atomic E-state index is 11.6. The highest BCUT2D eigenvalue weighted by Gasteiger charge is 2.75. The minimum absolute atomic E-state index is 1.22. The van der Waals surface area contributed by atoms with E-state index in [0.717, 1.165) is 0 Å². The van der Waals surface area contributed by atoms with Gasteiger partial charge in [0.25, 0.3) is 0 Å². The third-order valence-corrected chi connectivity index (χ3v) is 5.26. The number of carboxylic acid groups (broad SMARTS) is 1. The molecule has 118 valence electrons. The van der Waals surface area contributed by atoms with Crippen molar-refractivity contribution in [1.82, 2.24) is 0 Å². The van der Waals surface area contributed by atoms with Gasteiger partial charge in [0, 0.05) is 14.2 Å². The van der Waals surface area contributed by atoms with E-state index in [1.807, 2.05) is 0 Å². The highest BCUT2D eigenvalue weighted by atomic mass is 16.7. The fourth-order valence-electron chi connectivity index (χ4n) is 2.83. The minimum Gasteiger partial charge on any atom is -0.547 e. The summed E-state index contributed by atoms with van der Waals surface area (Å²) >= 11 is 0. The number of hydrogen-bond acceptors (Lipinski definition) is 7. The Kier molecular flexibility index (Phi) is 3.79. The SMILES string of the molecule is CO[C@]1(C)OC(C)(C(=O)[O-])[C@@](C)(OC)[C@@](C)(O)C1(C)O. The van der Waals surface area contributed by atoms with Crippen molar-refractivity contribution in [2.24, 2.45) is 0 Å². The van der Waals surface area contributed by atoms with Crippen LogP contribution < -0.4 is 5.11 Å². The first-order valence-corrected chi connectivity index (χ1v) is 6.24. The molecule has 0 aliphatic carbocycles. The number of ether oxygens (including phenoxy) is 3. The van der Waals surface area contributed by atoms with Crippen molar-refractivity contribution < 1.29 is 34.3 Å². The molecule has 0 saturated carbocycles. The zero-order valence-corrected chi connectivity index (χ0v) is 12.9. The van der Waals surface area contributed by atoms with E-state index < -0.39 is 34.2 Å². The predicted octanol–water partition coefficient (Wildman–Crippen LogP) is -1.21. The summed E-state index contributed by atoms with van der Waals surface area (Å²) in [5.41, 5.74) is -7.78. The molecule has 0 aromatic heterocycles. The van der Waals surface area contributed by atoms with E-state index in [4.69, 9.17) is 14.2 Å². The number of carboxylic acids is 1. The molecular formula is C13H23O7-. The fraction of sp³-hybridized carbons (Fsp3) is 0.923. The van der Waals surface area contributed by atoms with E-state index in [-0.39, 0.29) is 0 Å². The molecule has 1 rings (SSSR count). The molecule has 1 fully saturated rings. The van der Waals surface area contributed by atoms with Gasteiger partial charge in [-0.15, -0.1) is 0 Å². The Morgan fingerprint density at radius 3 is 1.75 bits per heavy atom. The standard InChI is InChI=1S/C13H24O7/c1-9(8(14)15)12(4,18-6)10(2,16)11(3,17)13(5,19-7)20-9/h16-17H,1-7H3,(H,14,15)/p-1/t9?,10-,11?,12+,13+/m0/s1. The molecule has 20 heavy (non-hydrogen) atoms. The molecule has 7 heteroatoms. The van der Waals surface area contributed by atoms with Crippen molar-refractivity contribution in [3.05, 3.63) is 0 Å². The third kappa shape index (κ3) is 1.61. The maximum absolute atomic E-state index is 11.6. The number of carbonyl (C=O) groups is 1. The zero-order valence-electron chi connectivity index (χ0n) is 12.9. The topological polar surface area (TPSA) is 108 Å². The molecule has 1 aliphatic rings. The quantitative estimate of drug-likeness (QED) is 0.672. The molecule has 2 N–H and O–H groups in total. The van der Waals surface area contributed by atoms with E-state index >= 15 is 0 Å². The van der Waals surface area contributed by atoms with Crippen LogP contribution in [-0.4, -0.2) is 58.6 Å². The second kappa shape index (κ2) is 4.38. The summed E-state index contributed by atoms with van der Waals surface area (Å²) in [7, 11) is 2.47. The van der Waals surface area contributed by atoms with Gasteiger partial charge in [0.15, 0.2) is 5.79 Å². The van der Waals surface area contributed by atoms with Crippen LogP contribution in [0.4, 0.5) is 0 Å². The summed E-state index contributed by atoms with van der Waals surface area (Å²) in [4.78, 5) is 11.6. The largest absolute Gasteiger partial charge is 0.547 e. The Labute approximate surface area is 118 Å². The van der Waals surface area contributed by atoms with Gasteiger partial charge in [0.05, 0.1) is 5.97 Å². The van der Waals surface area contributed by atoms with Crippen molar-refractivity contribution in [1.29, 1.82) is 0 Å². The smallest absolute Gasteiger partial charge is 0.198 e. The summed E-state index contributed by atoms with van der Waals surface area (Å²) < 4.78 is 15.9. The van der Waals surface area contributed by atoms with Crippen molar-refractivity contribution in [2.45, 2.75) is 62.8 Å². The van der Waals surface area contributed by atoms with Gasteiger partial charge in [-0.2, -0.15) is 0 Å². The molecule has 0 amide bonds. The lowest BCUT2D eigenvalue weighted by molar-refractivity contribution is -0.459. The van der Waals surface area contributed by atoms with Crippen LogP contribution in [0.15, 0.2) is 0 Å². The lowest BCUT2D eigenvalue weighted by Gasteiger charge is -2.66. The highest BCUT2D eigenvalue weighted by Crippen LogP contribution is 2.54. The first-order chi connectivity index (χ1) is 8.77. The molecule has 0 bridgehead atoms. The minimum atomic E-state index is -2.04.